The summed E-state index contributed by atoms with van der Waals surface area (Å²) in [6.07, 6.45) is -1.39. The molecule has 2 N–H and O–H groups in total. The van der Waals surface area contributed by atoms with Crippen molar-refractivity contribution in [3.05, 3.63) is 47.8 Å². The van der Waals surface area contributed by atoms with Crippen LogP contribution < -0.4 is 10.6 Å². The largest absolute Gasteiger partial charge is 0.435 e. The topological polar surface area (TPSA) is 130 Å². The first-order valence-corrected chi connectivity index (χ1v) is 14.9. The number of benzene rings is 1. The molecule has 1 saturated heterocycles. The highest BCUT2D eigenvalue weighted by molar-refractivity contribution is 7.91. The number of para-hydroxylation sites is 1. The van der Waals surface area contributed by atoms with E-state index in [0.717, 1.165) is 10.9 Å². The Bertz CT molecular complexity index is 1340. The first-order chi connectivity index (χ1) is 18.9. The molecule has 0 spiro atoms. The van der Waals surface area contributed by atoms with Crippen LogP contribution in [0.4, 0.5) is 13.2 Å². The summed E-state index contributed by atoms with van der Waals surface area (Å²) in [7, 11) is -1.47. The van der Waals surface area contributed by atoms with E-state index in [2.05, 4.69) is 15.7 Å². The molecule has 0 bridgehead atoms. The monoisotopic (exact) mass is 583 g/mol. The predicted octanol–water partition coefficient (Wildman–Crippen LogP) is 2.19. The van der Waals surface area contributed by atoms with E-state index in [1.54, 1.807) is 37.4 Å². The van der Waals surface area contributed by atoms with Crippen LogP contribution in [0.3, 0.4) is 0 Å². The lowest BCUT2D eigenvalue weighted by Gasteiger charge is -2.32. The molecule has 218 valence electrons. The minimum Gasteiger partial charge on any atom is -0.354 e. The van der Waals surface area contributed by atoms with Crippen LogP contribution in [0.1, 0.15) is 48.2 Å². The molecular weight excluding hydrogens is 551 g/mol. The molecule has 1 unspecified atom stereocenters. The minimum absolute atomic E-state index is 0.0174. The Balaban J connectivity index is 1.23. The van der Waals surface area contributed by atoms with E-state index in [1.165, 1.54) is 4.90 Å². The Morgan fingerprint density at radius 3 is 2.23 bits per heavy atom. The first-order valence-electron chi connectivity index (χ1n) is 13.1. The lowest BCUT2D eigenvalue weighted by Crippen LogP contribution is -2.43. The molecule has 14 heteroatoms. The van der Waals surface area contributed by atoms with Crippen molar-refractivity contribution >= 4 is 27.6 Å². The van der Waals surface area contributed by atoms with Crippen LogP contribution in [0.5, 0.6) is 0 Å². The Morgan fingerprint density at radius 2 is 1.62 bits per heavy atom. The lowest BCUT2D eigenvalue weighted by molar-refractivity contribution is -0.141. The normalized spacial score (nSPS) is 22.4. The van der Waals surface area contributed by atoms with Gasteiger partial charge in [-0.15, -0.1) is 0 Å². The maximum atomic E-state index is 13.5. The average Bonchev–Trinajstić information content (AvgIpc) is 3.54. The highest BCUT2D eigenvalue weighted by Crippen LogP contribution is 2.32. The average molecular weight is 584 g/mol. The van der Waals surface area contributed by atoms with Crippen LogP contribution >= 0.6 is 0 Å². The summed E-state index contributed by atoms with van der Waals surface area (Å²) in [4.78, 5) is 39.5. The van der Waals surface area contributed by atoms with Crippen molar-refractivity contribution in [2.45, 2.75) is 44.3 Å². The van der Waals surface area contributed by atoms with E-state index < -0.39 is 33.2 Å². The number of aromatic nitrogens is 2. The summed E-state index contributed by atoms with van der Waals surface area (Å²) in [6.45, 7) is -0.0577. The van der Waals surface area contributed by atoms with E-state index in [-0.39, 0.29) is 54.3 Å². The van der Waals surface area contributed by atoms with Gasteiger partial charge in [0, 0.05) is 44.2 Å². The van der Waals surface area contributed by atoms with Crippen LogP contribution in [-0.2, 0) is 25.6 Å². The number of hydrogen-bond donors (Lipinski definition) is 2. The molecule has 10 nitrogen and oxygen atoms in total. The van der Waals surface area contributed by atoms with Crippen molar-refractivity contribution in [3.63, 3.8) is 0 Å². The smallest absolute Gasteiger partial charge is 0.354 e. The Morgan fingerprint density at radius 1 is 1.00 bits per heavy atom. The Hall–Kier alpha value is -3.42. The zero-order valence-corrected chi connectivity index (χ0v) is 22.8. The first kappa shape index (κ1) is 29.6. The number of carbonyl (C=O) groups is 3. The van der Waals surface area contributed by atoms with E-state index in [1.807, 2.05) is 0 Å². The molecule has 40 heavy (non-hydrogen) atoms. The third-order valence-corrected chi connectivity index (χ3v) is 9.26. The van der Waals surface area contributed by atoms with Gasteiger partial charge in [-0.05, 0) is 44.2 Å². The second-order valence-electron chi connectivity index (χ2n) is 10.3. The zero-order valence-electron chi connectivity index (χ0n) is 22.0. The van der Waals surface area contributed by atoms with Crippen molar-refractivity contribution in [2.24, 2.45) is 11.8 Å². The minimum atomic E-state index is -4.83. The van der Waals surface area contributed by atoms with Gasteiger partial charge in [-0.3, -0.25) is 14.4 Å². The van der Waals surface area contributed by atoms with Gasteiger partial charge in [-0.1, -0.05) is 18.2 Å². The summed E-state index contributed by atoms with van der Waals surface area (Å²) in [5.41, 5.74) is -1.55. The van der Waals surface area contributed by atoms with Crippen LogP contribution in [0.15, 0.2) is 36.5 Å². The molecule has 2 fully saturated rings. The number of carbonyl (C=O) groups excluding carboxylic acids is 3. The van der Waals surface area contributed by atoms with Crippen molar-refractivity contribution in [3.8, 4) is 5.69 Å². The van der Waals surface area contributed by atoms with Crippen LogP contribution in [0, 0.1) is 11.8 Å². The van der Waals surface area contributed by atoms with Crippen molar-refractivity contribution in [2.75, 3.05) is 31.6 Å². The van der Waals surface area contributed by atoms with Gasteiger partial charge in [0.1, 0.15) is 0 Å². The molecule has 2 aromatic rings. The summed E-state index contributed by atoms with van der Waals surface area (Å²) in [6, 6.07) is 7.80. The summed E-state index contributed by atoms with van der Waals surface area (Å²) < 4.78 is 65.0. The van der Waals surface area contributed by atoms with E-state index >= 15 is 0 Å². The van der Waals surface area contributed by atoms with E-state index in [4.69, 9.17) is 0 Å². The summed E-state index contributed by atoms with van der Waals surface area (Å²) in [5, 5.41) is 8.65. The van der Waals surface area contributed by atoms with Crippen LogP contribution in [0.2, 0.25) is 0 Å². The third-order valence-electron chi connectivity index (χ3n) is 7.51. The molecule has 1 atom stereocenters. The molecule has 1 aliphatic carbocycles. The molecule has 4 rings (SSSR count). The van der Waals surface area contributed by atoms with Gasteiger partial charge < -0.3 is 15.5 Å². The van der Waals surface area contributed by atoms with Gasteiger partial charge in [0.05, 0.1) is 22.8 Å². The number of alkyl halides is 3. The second-order valence-corrected chi connectivity index (χ2v) is 12.5. The van der Waals surface area contributed by atoms with Gasteiger partial charge in [0.2, 0.25) is 11.8 Å². The maximum Gasteiger partial charge on any atom is 0.435 e. The molecule has 1 saturated carbocycles. The fraction of sp³-hybridized carbons (Fsp3) is 0.538. The molecule has 0 radical (unpaired) electrons. The lowest BCUT2D eigenvalue weighted by atomic mass is 9.80. The van der Waals surface area contributed by atoms with Gasteiger partial charge in [-0.2, -0.15) is 18.3 Å². The van der Waals surface area contributed by atoms with Crippen molar-refractivity contribution in [1.29, 1.82) is 0 Å². The van der Waals surface area contributed by atoms with Gasteiger partial charge in [0.15, 0.2) is 15.5 Å². The van der Waals surface area contributed by atoms with Gasteiger partial charge >= 0.3 is 6.18 Å². The van der Waals surface area contributed by atoms with E-state index in [9.17, 15) is 36.0 Å². The van der Waals surface area contributed by atoms with E-state index in [0.29, 0.717) is 37.8 Å². The summed E-state index contributed by atoms with van der Waals surface area (Å²) in [5.74, 6) is -1.82. The molecule has 2 heterocycles. The second kappa shape index (κ2) is 12.0. The van der Waals surface area contributed by atoms with Gasteiger partial charge in [-0.25, -0.2) is 13.1 Å². The standard InChI is InChI=1S/C26H32F3N5O5S/c1-33(20-11-14-40(38,39)16-20)25(37)18-9-7-17(8-10-18)23(35)30-12-13-31-24(36)21-15-34(19-5-3-2-4-6-19)32-22(21)26(27,28)29/h2-6,15,17-18,20H,7-14,16H2,1H3,(H,30,35)(H,31,36)/t17-,18-,20?. The highest BCUT2D eigenvalue weighted by atomic mass is 32.2. The highest BCUT2D eigenvalue weighted by Gasteiger charge is 2.40. The molecule has 2 aliphatic rings. The molecule has 1 aliphatic heterocycles. The van der Waals surface area contributed by atoms with Crippen molar-refractivity contribution < 1.29 is 36.0 Å². The molecule has 1 aromatic heterocycles. The number of nitrogens with zero attached hydrogens (tertiary/aromatic N) is 3. The van der Waals surface area contributed by atoms with Gasteiger partial charge in [0.25, 0.3) is 5.91 Å². The number of amides is 3. The fourth-order valence-corrected chi connectivity index (χ4v) is 6.99. The quantitative estimate of drug-likeness (QED) is 0.459. The number of nitrogens with one attached hydrogen (secondary N) is 2. The van der Waals surface area contributed by atoms with Crippen molar-refractivity contribution in [1.82, 2.24) is 25.3 Å². The predicted molar refractivity (Wildman–Crippen MR) is 139 cm³/mol. The maximum absolute atomic E-state index is 13.5. The van der Waals surface area contributed by atoms with Crippen LogP contribution in [0.25, 0.3) is 5.69 Å². The number of hydrogen-bond acceptors (Lipinski definition) is 6. The number of rotatable bonds is 8. The Labute approximate surface area is 230 Å². The van der Waals surface area contributed by atoms with Crippen LogP contribution in [-0.4, -0.2) is 78.5 Å². The Kier molecular flexibility index (Phi) is 8.86. The molecule has 1 aromatic carbocycles. The summed E-state index contributed by atoms with van der Waals surface area (Å²) >= 11 is 0. The molecule has 3 amide bonds. The molecular formula is C26H32F3N5O5S. The number of sulfone groups is 1. The zero-order chi connectivity index (χ0) is 29.1. The number of halogens is 3. The fourth-order valence-electron chi connectivity index (χ4n) is 5.22. The third kappa shape index (κ3) is 7.01. The SMILES string of the molecule is CN(C(=O)[C@H]1CC[C@H](C(=O)NCCNC(=O)c2cn(-c3ccccc3)nc2C(F)(F)F)CC1)C1CCS(=O)(=O)C1.